The molecule has 1 amide bonds. The normalized spacial score (nSPS) is 12.4. The van der Waals surface area contributed by atoms with Crippen LogP contribution in [0.15, 0.2) is 24.5 Å². The van der Waals surface area contributed by atoms with Crippen molar-refractivity contribution in [1.29, 1.82) is 0 Å². The Morgan fingerprint density at radius 1 is 1.12 bits per heavy atom. The second-order valence-electron chi connectivity index (χ2n) is 6.22. The van der Waals surface area contributed by atoms with E-state index in [4.69, 9.17) is 0 Å². The minimum absolute atomic E-state index is 0.149. The average Bonchev–Trinajstić information content (AvgIpc) is 2.14. The molecule has 0 unspecified atom stereocenters. The first kappa shape index (κ1) is 14.1. The molecule has 1 rings (SSSR count). The molecule has 0 N–H and O–H groups in total. The summed E-state index contributed by atoms with van der Waals surface area (Å²) in [6.07, 6.45) is 3.36. The van der Waals surface area contributed by atoms with Gasteiger partial charge in [-0.25, -0.2) is 0 Å². The molecule has 0 saturated carbocycles. The van der Waals surface area contributed by atoms with Crippen molar-refractivity contribution in [2.45, 2.75) is 39.3 Å². The van der Waals surface area contributed by atoms with Gasteiger partial charge in [0.25, 0.3) is 0 Å². The van der Waals surface area contributed by atoms with E-state index in [1.54, 1.807) is 12.4 Å². The van der Waals surface area contributed by atoms with E-state index in [-0.39, 0.29) is 5.91 Å². The van der Waals surface area contributed by atoms with Crippen molar-refractivity contribution in [2.75, 3.05) is 0 Å². The molecule has 0 aliphatic heterocycles. The Balaban J connectivity index is 3.14. The summed E-state index contributed by atoms with van der Waals surface area (Å²) in [5.74, 6) is 0.149. The van der Waals surface area contributed by atoms with Gasteiger partial charge in [0.2, 0.25) is 5.91 Å². The highest BCUT2D eigenvalue weighted by Crippen LogP contribution is 2.22. The summed E-state index contributed by atoms with van der Waals surface area (Å²) in [4.78, 5) is 16.6. The maximum atomic E-state index is 12.6. The highest BCUT2D eigenvalue weighted by atomic mass is 28.4. The lowest BCUT2D eigenvalue weighted by molar-refractivity contribution is 0.0908. The molecule has 17 heavy (non-hydrogen) atoms. The van der Waals surface area contributed by atoms with E-state index in [0.717, 1.165) is 0 Å². The number of amides is 1. The smallest absolute Gasteiger partial charge is 0.239 e. The van der Waals surface area contributed by atoms with Crippen LogP contribution in [-0.4, -0.2) is 31.6 Å². The standard InChI is InChI=1S/C12H22N2OSi2/c1-16(2,3)14(17(4,5)6)12(15)11-8-7-9-13-10-11/h7-10H,1-6H3. The predicted molar refractivity (Wildman–Crippen MR) is 77.1 cm³/mol. The molecule has 0 spiro atoms. The first-order chi connectivity index (χ1) is 7.64. The molecular weight excluding hydrogens is 244 g/mol. The zero-order chi connectivity index (χ0) is 13.3. The molecule has 0 aliphatic carbocycles. The summed E-state index contributed by atoms with van der Waals surface area (Å²) in [5.41, 5.74) is 0.706. The summed E-state index contributed by atoms with van der Waals surface area (Å²) < 4.78 is 2.18. The number of carbonyl (C=O) groups is 1. The number of nitrogens with zero attached hydrogens (tertiary/aromatic N) is 2. The van der Waals surface area contributed by atoms with Gasteiger partial charge in [0.1, 0.15) is 16.5 Å². The number of pyridine rings is 1. The Kier molecular flexibility index (Phi) is 3.93. The SMILES string of the molecule is C[Si](C)(C)N(C(=O)c1cccnc1)[Si](C)(C)C. The molecule has 0 fully saturated rings. The molecule has 1 aromatic rings. The van der Waals surface area contributed by atoms with Crippen LogP contribution in [0.1, 0.15) is 10.4 Å². The van der Waals surface area contributed by atoms with E-state index in [0.29, 0.717) is 5.56 Å². The van der Waals surface area contributed by atoms with Gasteiger partial charge in [-0.1, -0.05) is 39.3 Å². The maximum absolute atomic E-state index is 12.6. The first-order valence-corrected chi connectivity index (χ1v) is 12.8. The van der Waals surface area contributed by atoms with Crippen molar-refractivity contribution in [3.05, 3.63) is 30.1 Å². The Morgan fingerprint density at radius 3 is 2.00 bits per heavy atom. The van der Waals surface area contributed by atoms with Crippen molar-refractivity contribution < 1.29 is 4.79 Å². The van der Waals surface area contributed by atoms with Crippen LogP contribution in [0, 0.1) is 0 Å². The zero-order valence-corrected chi connectivity index (χ0v) is 13.6. The van der Waals surface area contributed by atoms with Crippen LogP contribution in [0.4, 0.5) is 0 Å². The number of hydrogen-bond donors (Lipinski definition) is 0. The van der Waals surface area contributed by atoms with Gasteiger partial charge in [-0.2, -0.15) is 0 Å². The lowest BCUT2D eigenvalue weighted by Crippen LogP contribution is -2.61. The topological polar surface area (TPSA) is 33.2 Å². The van der Waals surface area contributed by atoms with Gasteiger partial charge in [-0.05, 0) is 12.1 Å². The van der Waals surface area contributed by atoms with E-state index in [1.165, 1.54) is 0 Å². The highest BCUT2D eigenvalue weighted by molar-refractivity contribution is 6.92. The summed E-state index contributed by atoms with van der Waals surface area (Å²) >= 11 is 0. The number of carbonyl (C=O) groups excluding carboxylic acids is 1. The molecule has 0 aromatic carbocycles. The molecule has 0 aliphatic rings. The van der Waals surface area contributed by atoms with Gasteiger partial charge < -0.3 is 4.23 Å². The highest BCUT2D eigenvalue weighted by Gasteiger charge is 2.38. The maximum Gasteiger partial charge on any atom is 0.239 e. The van der Waals surface area contributed by atoms with Gasteiger partial charge >= 0.3 is 0 Å². The predicted octanol–water partition coefficient (Wildman–Crippen LogP) is 3.19. The van der Waals surface area contributed by atoms with Gasteiger partial charge in [0, 0.05) is 12.4 Å². The van der Waals surface area contributed by atoms with Gasteiger partial charge in [-0.3, -0.25) is 9.78 Å². The van der Waals surface area contributed by atoms with Crippen molar-refractivity contribution in [3.63, 3.8) is 0 Å². The van der Waals surface area contributed by atoms with Crippen molar-refractivity contribution >= 4 is 22.4 Å². The summed E-state index contributed by atoms with van der Waals surface area (Å²) in [7, 11) is -3.30. The molecule has 0 radical (unpaired) electrons. The lowest BCUT2D eigenvalue weighted by Gasteiger charge is -2.43. The molecule has 0 atom stereocenters. The number of rotatable bonds is 3. The van der Waals surface area contributed by atoms with Crippen LogP contribution in [0.3, 0.4) is 0 Å². The Hall–Kier alpha value is -0.946. The summed E-state index contributed by atoms with van der Waals surface area (Å²) in [6, 6.07) is 3.67. The zero-order valence-electron chi connectivity index (χ0n) is 11.6. The van der Waals surface area contributed by atoms with Gasteiger partial charge in [0.05, 0.1) is 5.56 Å². The van der Waals surface area contributed by atoms with Gasteiger partial charge in [-0.15, -0.1) is 0 Å². The molecule has 0 bridgehead atoms. The van der Waals surface area contributed by atoms with Crippen molar-refractivity contribution in [2.24, 2.45) is 0 Å². The largest absolute Gasteiger partial charge is 0.392 e. The van der Waals surface area contributed by atoms with E-state index in [2.05, 4.69) is 48.5 Å². The fourth-order valence-corrected chi connectivity index (χ4v) is 11.8. The Labute approximate surface area is 106 Å². The lowest BCUT2D eigenvalue weighted by atomic mass is 10.3. The Morgan fingerprint density at radius 2 is 1.65 bits per heavy atom. The van der Waals surface area contributed by atoms with Crippen LogP contribution in [0.5, 0.6) is 0 Å². The van der Waals surface area contributed by atoms with Crippen molar-refractivity contribution in [1.82, 2.24) is 9.22 Å². The van der Waals surface area contributed by atoms with E-state index >= 15 is 0 Å². The third-order valence-corrected chi connectivity index (χ3v) is 9.57. The summed E-state index contributed by atoms with van der Waals surface area (Å²) in [6.45, 7) is 13.3. The Bertz CT molecular complexity index is 379. The minimum atomic E-state index is -1.65. The van der Waals surface area contributed by atoms with Crippen LogP contribution >= 0.6 is 0 Å². The molecule has 0 saturated heterocycles. The molecule has 1 heterocycles. The number of aromatic nitrogens is 1. The third-order valence-electron chi connectivity index (χ3n) is 2.45. The minimum Gasteiger partial charge on any atom is -0.392 e. The molecular formula is C12H22N2OSi2. The molecule has 5 heteroatoms. The molecule has 1 aromatic heterocycles. The summed E-state index contributed by atoms with van der Waals surface area (Å²) in [5, 5.41) is 0. The second-order valence-corrected chi connectivity index (χ2v) is 16.2. The van der Waals surface area contributed by atoms with E-state index < -0.39 is 16.5 Å². The van der Waals surface area contributed by atoms with Crippen molar-refractivity contribution in [3.8, 4) is 0 Å². The van der Waals surface area contributed by atoms with Crippen LogP contribution < -0.4 is 0 Å². The molecule has 3 nitrogen and oxygen atoms in total. The fourth-order valence-electron chi connectivity index (χ4n) is 2.23. The first-order valence-electron chi connectivity index (χ1n) is 5.89. The van der Waals surface area contributed by atoms with Crippen LogP contribution in [0.2, 0.25) is 39.3 Å². The molecule has 94 valence electrons. The second kappa shape index (κ2) is 4.74. The van der Waals surface area contributed by atoms with E-state index in [9.17, 15) is 4.79 Å². The monoisotopic (exact) mass is 266 g/mol. The number of hydrogen-bond acceptors (Lipinski definition) is 2. The average molecular weight is 266 g/mol. The van der Waals surface area contributed by atoms with Crippen LogP contribution in [0.25, 0.3) is 0 Å². The van der Waals surface area contributed by atoms with Crippen LogP contribution in [-0.2, 0) is 0 Å². The fraction of sp³-hybridized carbons (Fsp3) is 0.500. The van der Waals surface area contributed by atoms with E-state index in [1.807, 2.05) is 12.1 Å². The quantitative estimate of drug-likeness (QED) is 0.787. The third kappa shape index (κ3) is 3.50. The van der Waals surface area contributed by atoms with Gasteiger partial charge in [0.15, 0.2) is 0 Å².